The van der Waals surface area contributed by atoms with Gasteiger partial charge in [-0.05, 0) is 61.4 Å². The third-order valence-electron chi connectivity index (χ3n) is 5.33. The Morgan fingerprint density at radius 1 is 1.26 bits per heavy atom. The van der Waals surface area contributed by atoms with E-state index < -0.39 is 6.04 Å². The van der Waals surface area contributed by atoms with E-state index in [-0.39, 0.29) is 23.8 Å². The molecule has 1 aliphatic heterocycles. The molecule has 3 rings (SSSR count). The number of benzene rings is 1. The molecule has 2 amide bonds. The van der Waals surface area contributed by atoms with Gasteiger partial charge in [0, 0.05) is 23.6 Å². The minimum Gasteiger partial charge on any atom is -0.494 e. The molecular weight excluding hydrogens is 412 g/mol. The van der Waals surface area contributed by atoms with Crippen molar-refractivity contribution in [3.05, 3.63) is 52.2 Å². The van der Waals surface area contributed by atoms with E-state index in [1.165, 1.54) is 0 Å². The number of hydrogen-bond acceptors (Lipinski definition) is 5. The number of hydrogen-bond donors (Lipinski definition) is 1. The fourth-order valence-corrected chi connectivity index (χ4v) is 4.38. The fourth-order valence-electron chi connectivity index (χ4n) is 3.66. The van der Waals surface area contributed by atoms with Crippen molar-refractivity contribution in [2.75, 3.05) is 19.8 Å². The molecule has 1 saturated heterocycles. The van der Waals surface area contributed by atoms with Gasteiger partial charge >= 0.3 is 0 Å². The SMILES string of the molecule is CCOc1ccc(C(=O)N[C@H](C(=O)N(Cc2cccs2)CC2CCCO2)C(C)C)cc1. The third-order valence-corrected chi connectivity index (χ3v) is 6.19. The highest BCUT2D eigenvalue weighted by molar-refractivity contribution is 7.09. The standard InChI is InChI=1S/C24H32N2O4S/c1-4-29-19-11-9-18(10-12-19)23(27)25-22(17(2)3)24(28)26(15-20-7-5-13-30-20)16-21-8-6-14-31-21/h6,8-12,14,17,20,22H,4-5,7,13,15-16H2,1-3H3,(H,25,27)/t20?,22-/m0/s1. The van der Waals surface area contributed by atoms with Crippen LogP contribution in [-0.4, -0.2) is 48.6 Å². The van der Waals surface area contributed by atoms with E-state index in [2.05, 4.69) is 5.32 Å². The maximum atomic E-state index is 13.5. The second-order valence-electron chi connectivity index (χ2n) is 8.09. The molecule has 1 aliphatic rings. The summed E-state index contributed by atoms with van der Waals surface area (Å²) < 4.78 is 11.2. The van der Waals surface area contributed by atoms with Crippen LogP contribution >= 0.6 is 11.3 Å². The van der Waals surface area contributed by atoms with Gasteiger partial charge in [0.25, 0.3) is 5.91 Å². The molecule has 1 aromatic heterocycles. The molecule has 7 heteroatoms. The number of carbonyl (C=O) groups excluding carboxylic acids is 2. The van der Waals surface area contributed by atoms with Gasteiger partial charge in [-0.25, -0.2) is 0 Å². The first-order valence-corrected chi connectivity index (χ1v) is 11.8. The summed E-state index contributed by atoms with van der Waals surface area (Å²) >= 11 is 1.63. The van der Waals surface area contributed by atoms with Crippen LogP contribution in [0.5, 0.6) is 5.75 Å². The molecule has 0 saturated carbocycles. The van der Waals surface area contributed by atoms with Crippen molar-refractivity contribution in [3.63, 3.8) is 0 Å². The molecule has 168 valence electrons. The number of carbonyl (C=O) groups is 2. The Balaban J connectivity index is 1.72. The normalized spacial score (nSPS) is 16.8. The lowest BCUT2D eigenvalue weighted by atomic mass is 10.0. The number of nitrogens with zero attached hydrogens (tertiary/aromatic N) is 1. The van der Waals surface area contributed by atoms with E-state index in [4.69, 9.17) is 9.47 Å². The van der Waals surface area contributed by atoms with Gasteiger partial charge in [-0.15, -0.1) is 11.3 Å². The second-order valence-corrected chi connectivity index (χ2v) is 9.12. The Kier molecular flexibility index (Phi) is 8.49. The molecule has 1 fully saturated rings. The molecule has 0 bridgehead atoms. The highest BCUT2D eigenvalue weighted by Gasteiger charge is 2.31. The monoisotopic (exact) mass is 444 g/mol. The fraction of sp³-hybridized carbons (Fsp3) is 0.500. The van der Waals surface area contributed by atoms with Gasteiger partial charge < -0.3 is 19.7 Å². The van der Waals surface area contributed by atoms with Gasteiger partial charge in [0.05, 0.1) is 19.3 Å². The Morgan fingerprint density at radius 2 is 2.03 bits per heavy atom. The minimum absolute atomic E-state index is 0.0468. The van der Waals surface area contributed by atoms with Gasteiger partial charge in [0.15, 0.2) is 0 Å². The van der Waals surface area contributed by atoms with Gasteiger partial charge in [-0.1, -0.05) is 19.9 Å². The van der Waals surface area contributed by atoms with E-state index in [1.807, 2.05) is 43.2 Å². The largest absolute Gasteiger partial charge is 0.494 e. The van der Waals surface area contributed by atoms with Crippen LogP contribution in [-0.2, 0) is 16.1 Å². The van der Waals surface area contributed by atoms with E-state index in [9.17, 15) is 9.59 Å². The smallest absolute Gasteiger partial charge is 0.251 e. The van der Waals surface area contributed by atoms with Crippen LogP contribution in [0.3, 0.4) is 0 Å². The molecule has 2 atom stereocenters. The molecule has 0 radical (unpaired) electrons. The van der Waals surface area contributed by atoms with Crippen LogP contribution in [0.1, 0.15) is 48.8 Å². The van der Waals surface area contributed by atoms with Crippen LogP contribution in [0.25, 0.3) is 0 Å². The zero-order valence-corrected chi connectivity index (χ0v) is 19.3. The topological polar surface area (TPSA) is 67.9 Å². The van der Waals surface area contributed by atoms with E-state index in [0.717, 1.165) is 24.3 Å². The van der Waals surface area contributed by atoms with E-state index in [0.29, 0.717) is 31.0 Å². The first-order chi connectivity index (χ1) is 15.0. The number of rotatable bonds is 10. The van der Waals surface area contributed by atoms with Crippen LogP contribution in [0.4, 0.5) is 0 Å². The predicted molar refractivity (Wildman–Crippen MR) is 122 cm³/mol. The summed E-state index contributed by atoms with van der Waals surface area (Å²) in [5.74, 6) is 0.338. The molecule has 6 nitrogen and oxygen atoms in total. The Hall–Kier alpha value is -2.38. The maximum absolute atomic E-state index is 13.5. The van der Waals surface area contributed by atoms with Crippen molar-refractivity contribution in [2.24, 2.45) is 5.92 Å². The van der Waals surface area contributed by atoms with Crippen molar-refractivity contribution < 1.29 is 19.1 Å². The van der Waals surface area contributed by atoms with Crippen molar-refractivity contribution in [2.45, 2.75) is 52.3 Å². The highest BCUT2D eigenvalue weighted by atomic mass is 32.1. The van der Waals surface area contributed by atoms with Crippen LogP contribution in [0.15, 0.2) is 41.8 Å². The first-order valence-electron chi connectivity index (χ1n) is 10.9. The van der Waals surface area contributed by atoms with Gasteiger partial charge in [-0.3, -0.25) is 9.59 Å². The zero-order valence-electron chi connectivity index (χ0n) is 18.5. The third kappa shape index (κ3) is 6.55. The first kappa shape index (κ1) is 23.3. The Bertz CT molecular complexity index is 830. The molecule has 2 aromatic rings. The summed E-state index contributed by atoms with van der Waals surface area (Å²) in [5.41, 5.74) is 0.505. The summed E-state index contributed by atoms with van der Waals surface area (Å²) in [6.07, 6.45) is 2.03. The van der Waals surface area contributed by atoms with Gasteiger partial charge in [0.2, 0.25) is 5.91 Å². The summed E-state index contributed by atoms with van der Waals surface area (Å²) in [5, 5.41) is 4.97. The lowest BCUT2D eigenvalue weighted by Gasteiger charge is -2.31. The summed E-state index contributed by atoms with van der Waals surface area (Å²) in [7, 11) is 0. The minimum atomic E-state index is -0.611. The predicted octanol–water partition coefficient (Wildman–Crippen LogP) is 4.11. The number of ether oxygens (including phenoxy) is 2. The molecular formula is C24H32N2O4S. The zero-order chi connectivity index (χ0) is 22.2. The quantitative estimate of drug-likeness (QED) is 0.599. The van der Waals surface area contributed by atoms with E-state index >= 15 is 0 Å². The number of nitrogens with one attached hydrogen (secondary N) is 1. The molecule has 0 aliphatic carbocycles. The second kappa shape index (κ2) is 11.3. The van der Waals surface area contributed by atoms with E-state index in [1.54, 1.807) is 35.6 Å². The molecule has 31 heavy (non-hydrogen) atoms. The van der Waals surface area contributed by atoms with Crippen LogP contribution in [0.2, 0.25) is 0 Å². The molecule has 0 spiro atoms. The average molecular weight is 445 g/mol. The van der Waals surface area contributed by atoms with Crippen molar-refractivity contribution >= 4 is 23.2 Å². The van der Waals surface area contributed by atoms with Crippen LogP contribution in [0, 0.1) is 5.92 Å². The summed E-state index contributed by atoms with van der Waals surface area (Å²) in [6.45, 7) is 8.20. The summed E-state index contributed by atoms with van der Waals surface area (Å²) in [6, 6.07) is 10.4. The highest BCUT2D eigenvalue weighted by Crippen LogP contribution is 2.20. The van der Waals surface area contributed by atoms with Gasteiger partial charge in [0.1, 0.15) is 11.8 Å². The van der Waals surface area contributed by atoms with Crippen molar-refractivity contribution in [1.29, 1.82) is 0 Å². The summed E-state index contributed by atoms with van der Waals surface area (Å²) in [4.78, 5) is 29.4. The Labute approximate surface area is 188 Å². The number of thiophene rings is 1. The van der Waals surface area contributed by atoms with Crippen molar-refractivity contribution in [3.8, 4) is 5.75 Å². The average Bonchev–Trinajstić information content (AvgIpc) is 3.46. The molecule has 1 N–H and O–H groups in total. The molecule has 1 unspecified atom stereocenters. The number of amides is 2. The van der Waals surface area contributed by atoms with Crippen LogP contribution < -0.4 is 10.1 Å². The molecule has 2 heterocycles. The Morgan fingerprint density at radius 3 is 2.61 bits per heavy atom. The lowest BCUT2D eigenvalue weighted by molar-refractivity contribution is -0.136. The molecule has 1 aromatic carbocycles. The van der Waals surface area contributed by atoms with Crippen molar-refractivity contribution in [1.82, 2.24) is 10.2 Å². The lowest BCUT2D eigenvalue weighted by Crippen LogP contribution is -2.52. The van der Waals surface area contributed by atoms with Gasteiger partial charge in [-0.2, -0.15) is 0 Å². The maximum Gasteiger partial charge on any atom is 0.251 e.